The molecule has 1 saturated carbocycles. The van der Waals surface area contributed by atoms with Gasteiger partial charge in [0.1, 0.15) is 12.2 Å². The third-order valence-corrected chi connectivity index (χ3v) is 4.29. The van der Waals surface area contributed by atoms with E-state index >= 15 is 0 Å². The maximum absolute atomic E-state index is 6.44. The van der Waals surface area contributed by atoms with E-state index in [1.54, 1.807) is 6.33 Å². The number of aryl methyl sites for hydroxylation is 1. The number of rotatable bonds is 5. The lowest BCUT2D eigenvalue weighted by atomic mass is 9.77. The van der Waals surface area contributed by atoms with E-state index in [1.807, 2.05) is 4.68 Å². The van der Waals surface area contributed by atoms with Crippen molar-refractivity contribution in [1.82, 2.24) is 14.8 Å². The molecule has 18 heavy (non-hydrogen) atoms. The average Bonchev–Trinajstić information content (AvgIpc) is 2.86. The zero-order valence-corrected chi connectivity index (χ0v) is 11.7. The highest BCUT2D eigenvalue weighted by atomic mass is 15.3. The Labute approximate surface area is 110 Å². The normalized spacial score (nSPS) is 26.2. The van der Waals surface area contributed by atoms with Crippen LogP contribution < -0.4 is 5.73 Å². The Bertz CT molecular complexity index is 360. The highest BCUT2D eigenvalue weighted by Gasteiger charge is 2.28. The average molecular weight is 250 g/mol. The van der Waals surface area contributed by atoms with Crippen molar-refractivity contribution in [2.75, 3.05) is 0 Å². The molecule has 0 aromatic carbocycles. The van der Waals surface area contributed by atoms with Crippen LogP contribution in [0.2, 0.25) is 0 Å². The van der Waals surface area contributed by atoms with Crippen molar-refractivity contribution in [2.24, 2.45) is 17.6 Å². The maximum atomic E-state index is 6.44. The van der Waals surface area contributed by atoms with Gasteiger partial charge in [0.2, 0.25) is 0 Å². The molecule has 4 nitrogen and oxygen atoms in total. The van der Waals surface area contributed by atoms with Crippen LogP contribution in [0.1, 0.15) is 64.2 Å². The van der Waals surface area contributed by atoms with Crippen LogP contribution in [0.5, 0.6) is 0 Å². The standard InChI is InChI=1S/C14H26N4/c1-3-8-18-14(16-10-17-18)13(15)12-7-5-6-11(4-2)9-12/h10-13H,3-9,15H2,1-2H3. The fraction of sp³-hybridized carbons (Fsp3) is 0.857. The first-order chi connectivity index (χ1) is 8.76. The van der Waals surface area contributed by atoms with Crippen LogP contribution in [0.4, 0.5) is 0 Å². The van der Waals surface area contributed by atoms with Gasteiger partial charge in [-0.25, -0.2) is 9.67 Å². The molecule has 0 aliphatic heterocycles. The number of nitrogens with two attached hydrogens (primary N) is 1. The first-order valence-electron chi connectivity index (χ1n) is 7.39. The summed E-state index contributed by atoms with van der Waals surface area (Å²) >= 11 is 0. The van der Waals surface area contributed by atoms with Crippen LogP contribution in [0.15, 0.2) is 6.33 Å². The van der Waals surface area contributed by atoms with Crippen LogP contribution in [0, 0.1) is 11.8 Å². The molecule has 0 amide bonds. The van der Waals surface area contributed by atoms with E-state index in [-0.39, 0.29) is 6.04 Å². The third-order valence-electron chi connectivity index (χ3n) is 4.29. The molecule has 1 fully saturated rings. The number of nitrogens with zero attached hydrogens (tertiary/aromatic N) is 3. The number of aromatic nitrogens is 3. The molecule has 2 rings (SSSR count). The van der Waals surface area contributed by atoms with Crippen LogP contribution in [-0.2, 0) is 6.54 Å². The van der Waals surface area contributed by atoms with Gasteiger partial charge in [-0.05, 0) is 31.1 Å². The molecule has 1 heterocycles. The largest absolute Gasteiger partial charge is 0.321 e. The van der Waals surface area contributed by atoms with Crippen LogP contribution in [0.3, 0.4) is 0 Å². The predicted molar refractivity (Wildman–Crippen MR) is 73.0 cm³/mol. The molecule has 0 bridgehead atoms. The van der Waals surface area contributed by atoms with Gasteiger partial charge in [0.25, 0.3) is 0 Å². The van der Waals surface area contributed by atoms with Crippen LogP contribution in [-0.4, -0.2) is 14.8 Å². The lowest BCUT2D eigenvalue weighted by molar-refractivity contribution is 0.223. The van der Waals surface area contributed by atoms with Crippen LogP contribution in [0.25, 0.3) is 0 Å². The molecule has 1 aromatic rings. The topological polar surface area (TPSA) is 56.7 Å². The van der Waals surface area contributed by atoms with Gasteiger partial charge in [-0.2, -0.15) is 5.10 Å². The molecular formula is C14H26N4. The first-order valence-corrected chi connectivity index (χ1v) is 7.39. The Morgan fingerprint density at radius 3 is 3.00 bits per heavy atom. The van der Waals surface area contributed by atoms with Crippen molar-refractivity contribution >= 4 is 0 Å². The molecular weight excluding hydrogens is 224 g/mol. The van der Waals surface area contributed by atoms with E-state index in [0.717, 1.165) is 24.7 Å². The van der Waals surface area contributed by atoms with Crippen molar-refractivity contribution in [3.8, 4) is 0 Å². The lowest BCUT2D eigenvalue weighted by Crippen LogP contribution is -2.29. The van der Waals surface area contributed by atoms with E-state index in [2.05, 4.69) is 23.9 Å². The van der Waals surface area contributed by atoms with Gasteiger partial charge >= 0.3 is 0 Å². The van der Waals surface area contributed by atoms with E-state index in [9.17, 15) is 0 Å². The fourth-order valence-electron chi connectivity index (χ4n) is 3.16. The Kier molecular flexibility index (Phi) is 4.75. The van der Waals surface area contributed by atoms with Gasteiger partial charge < -0.3 is 5.73 Å². The Hall–Kier alpha value is -0.900. The number of hydrogen-bond acceptors (Lipinski definition) is 3. The molecule has 0 saturated heterocycles. The molecule has 0 spiro atoms. The lowest BCUT2D eigenvalue weighted by Gasteiger charge is -2.32. The quantitative estimate of drug-likeness (QED) is 0.874. The second-order valence-corrected chi connectivity index (χ2v) is 5.57. The smallest absolute Gasteiger partial charge is 0.144 e. The second kappa shape index (κ2) is 6.32. The minimum absolute atomic E-state index is 0.0633. The van der Waals surface area contributed by atoms with Gasteiger partial charge in [0, 0.05) is 6.54 Å². The molecule has 4 heteroatoms. The van der Waals surface area contributed by atoms with Gasteiger partial charge in [0.15, 0.2) is 0 Å². The highest BCUT2D eigenvalue weighted by molar-refractivity contribution is 4.97. The van der Waals surface area contributed by atoms with Crippen molar-refractivity contribution in [3.05, 3.63) is 12.2 Å². The summed E-state index contributed by atoms with van der Waals surface area (Å²) in [6.07, 6.45) is 9.20. The maximum Gasteiger partial charge on any atom is 0.144 e. The van der Waals surface area contributed by atoms with E-state index in [0.29, 0.717) is 5.92 Å². The summed E-state index contributed by atoms with van der Waals surface area (Å²) in [7, 11) is 0. The number of hydrogen-bond donors (Lipinski definition) is 1. The molecule has 2 N–H and O–H groups in total. The minimum atomic E-state index is 0.0633. The SMILES string of the molecule is CCCn1ncnc1C(N)C1CCCC(CC)C1. The minimum Gasteiger partial charge on any atom is -0.321 e. The summed E-state index contributed by atoms with van der Waals surface area (Å²) in [4.78, 5) is 4.39. The highest BCUT2D eigenvalue weighted by Crippen LogP contribution is 2.36. The van der Waals surface area contributed by atoms with Crippen molar-refractivity contribution < 1.29 is 0 Å². The Morgan fingerprint density at radius 2 is 2.28 bits per heavy atom. The Balaban J connectivity index is 2.05. The molecule has 3 atom stereocenters. The van der Waals surface area contributed by atoms with E-state index in [4.69, 9.17) is 5.73 Å². The fourth-order valence-corrected chi connectivity index (χ4v) is 3.16. The van der Waals surface area contributed by atoms with Crippen LogP contribution >= 0.6 is 0 Å². The third kappa shape index (κ3) is 2.91. The van der Waals surface area contributed by atoms with Crippen molar-refractivity contribution in [3.63, 3.8) is 0 Å². The monoisotopic (exact) mass is 250 g/mol. The van der Waals surface area contributed by atoms with Gasteiger partial charge in [-0.15, -0.1) is 0 Å². The van der Waals surface area contributed by atoms with Crippen molar-refractivity contribution in [1.29, 1.82) is 0 Å². The zero-order chi connectivity index (χ0) is 13.0. The molecule has 1 aliphatic carbocycles. The summed E-state index contributed by atoms with van der Waals surface area (Å²) in [5.74, 6) is 2.43. The molecule has 3 unspecified atom stereocenters. The van der Waals surface area contributed by atoms with Gasteiger partial charge in [-0.1, -0.05) is 33.1 Å². The summed E-state index contributed by atoms with van der Waals surface area (Å²) in [6.45, 7) is 5.37. The molecule has 1 aromatic heterocycles. The van der Waals surface area contributed by atoms with Gasteiger partial charge in [-0.3, -0.25) is 0 Å². The first kappa shape index (κ1) is 13.5. The Morgan fingerprint density at radius 1 is 1.44 bits per heavy atom. The zero-order valence-electron chi connectivity index (χ0n) is 11.7. The molecule has 1 aliphatic rings. The molecule has 0 radical (unpaired) electrons. The van der Waals surface area contributed by atoms with E-state index < -0.39 is 0 Å². The molecule has 102 valence electrons. The van der Waals surface area contributed by atoms with Crippen molar-refractivity contribution in [2.45, 2.75) is 65.0 Å². The summed E-state index contributed by atoms with van der Waals surface area (Å²) in [6, 6.07) is 0.0633. The van der Waals surface area contributed by atoms with Gasteiger partial charge in [0.05, 0.1) is 6.04 Å². The second-order valence-electron chi connectivity index (χ2n) is 5.57. The van der Waals surface area contributed by atoms with E-state index in [1.165, 1.54) is 32.1 Å². The summed E-state index contributed by atoms with van der Waals surface area (Å²) in [5, 5.41) is 4.29. The summed E-state index contributed by atoms with van der Waals surface area (Å²) in [5.41, 5.74) is 6.44. The summed E-state index contributed by atoms with van der Waals surface area (Å²) < 4.78 is 1.99. The predicted octanol–water partition coefficient (Wildman–Crippen LogP) is 2.90.